The molecule has 1 aliphatic heterocycles. The summed E-state index contributed by atoms with van der Waals surface area (Å²) in [5.41, 5.74) is 0.864. The van der Waals surface area contributed by atoms with Crippen LogP contribution in [0.2, 0.25) is 0 Å². The fraction of sp³-hybridized carbons (Fsp3) is 0.500. The third-order valence-electron chi connectivity index (χ3n) is 3.01. The van der Waals surface area contributed by atoms with Crippen molar-refractivity contribution in [3.63, 3.8) is 0 Å². The maximum absolute atomic E-state index is 12.8. The zero-order valence-corrected chi connectivity index (χ0v) is 8.67. The Morgan fingerprint density at radius 1 is 1.33 bits per heavy atom. The number of piperidine rings is 1. The maximum atomic E-state index is 12.8. The Kier molecular flexibility index (Phi) is 3.21. The Bertz CT molecular complexity index is 334. The molecule has 1 aromatic rings. The van der Waals surface area contributed by atoms with Crippen LogP contribution in [0.15, 0.2) is 18.2 Å². The molecule has 1 aliphatic rings. The summed E-state index contributed by atoms with van der Waals surface area (Å²) in [7, 11) is 0. The second-order valence-corrected chi connectivity index (χ2v) is 4.17. The molecule has 0 amide bonds. The first-order chi connectivity index (χ1) is 7.25. The molecule has 2 nitrogen and oxygen atoms in total. The lowest BCUT2D eigenvalue weighted by atomic mass is 9.91. The second kappa shape index (κ2) is 4.62. The van der Waals surface area contributed by atoms with Crippen molar-refractivity contribution in [2.45, 2.75) is 19.3 Å². The van der Waals surface area contributed by atoms with Crippen LogP contribution in [0.5, 0.6) is 5.75 Å². The second-order valence-electron chi connectivity index (χ2n) is 4.17. The summed E-state index contributed by atoms with van der Waals surface area (Å²) in [6.45, 7) is 2.10. The third kappa shape index (κ3) is 2.69. The fourth-order valence-electron chi connectivity index (χ4n) is 2.11. The van der Waals surface area contributed by atoms with E-state index in [1.807, 2.05) is 0 Å². The summed E-state index contributed by atoms with van der Waals surface area (Å²) < 4.78 is 12.8. The number of rotatable bonds is 2. The smallest absolute Gasteiger partial charge is 0.126 e. The van der Waals surface area contributed by atoms with Crippen LogP contribution in [0.4, 0.5) is 4.39 Å². The summed E-state index contributed by atoms with van der Waals surface area (Å²) in [4.78, 5) is 0. The zero-order chi connectivity index (χ0) is 10.7. The topological polar surface area (TPSA) is 32.3 Å². The van der Waals surface area contributed by atoms with E-state index in [1.165, 1.54) is 12.1 Å². The number of hydrogen-bond acceptors (Lipinski definition) is 2. The lowest BCUT2D eigenvalue weighted by Crippen LogP contribution is -2.28. The van der Waals surface area contributed by atoms with Crippen molar-refractivity contribution in [2.75, 3.05) is 13.1 Å². The van der Waals surface area contributed by atoms with E-state index in [0.29, 0.717) is 5.92 Å². The van der Waals surface area contributed by atoms with Gasteiger partial charge in [0.05, 0.1) is 0 Å². The molecular formula is C12H16FNO. The number of nitrogens with one attached hydrogen (secondary N) is 1. The van der Waals surface area contributed by atoms with Gasteiger partial charge in [-0.25, -0.2) is 4.39 Å². The molecule has 0 atom stereocenters. The summed E-state index contributed by atoms with van der Waals surface area (Å²) in [5.74, 6) is 0.331. The number of halogens is 1. The van der Waals surface area contributed by atoms with E-state index < -0.39 is 0 Å². The van der Waals surface area contributed by atoms with E-state index in [0.717, 1.165) is 37.9 Å². The third-order valence-corrected chi connectivity index (χ3v) is 3.01. The van der Waals surface area contributed by atoms with E-state index in [4.69, 9.17) is 0 Å². The van der Waals surface area contributed by atoms with Gasteiger partial charge >= 0.3 is 0 Å². The van der Waals surface area contributed by atoms with Gasteiger partial charge in [0.25, 0.3) is 0 Å². The highest BCUT2D eigenvalue weighted by Crippen LogP contribution is 2.24. The van der Waals surface area contributed by atoms with Crippen LogP contribution in [-0.2, 0) is 6.42 Å². The molecule has 0 aromatic heterocycles. The van der Waals surface area contributed by atoms with Gasteiger partial charge < -0.3 is 10.4 Å². The molecule has 0 aliphatic carbocycles. The number of aromatic hydroxyl groups is 1. The molecular weight excluding hydrogens is 193 g/mol. The van der Waals surface area contributed by atoms with Gasteiger partial charge in [0, 0.05) is 6.07 Å². The molecule has 3 heteroatoms. The lowest BCUT2D eigenvalue weighted by Gasteiger charge is -2.22. The van der Waals surface area contributed by atoms with Crippen molar-refractivity contribution < 1.29 is 9.50 Å². The standard InChI is InChI=1S/C12H16FNO/c13-11-2-1-10(12(15)8-11)7-9-3-5-14-6-4-9/h1-2,8-9,14-15H,3-7H2. The Labute approximate surface area is 89.1 Å². The zero-order valence-electron chi connectivity index (χ0n) is 8.67. The first-order valence-electron chi connectivity index (χ1n) is 5.44. The van der Waals surface area contributed by atoms with Crippen LogP contribution in [0.25, 0.3) is 0 Å². The number of phenols is 1. The number of hydrogen-bond donors (Lipinski definition) is 2. The molecule has 0 unspecified atom stereocenters. The summed E-state index contributed by atoms with van der Waals surface area (Å²) >= 11 is 0. The molecule has 0 saturated carbocycles. The van der Waals surface area contributed by atoms with Gasteiger partial charge in [-0.1, -0.05) is 6.07 Å². The van der Waals surface area contributed by atoms with E-state index in [2.05, 4.69) is 5.32 Å². The Balaban J connectivity index is 2.03. The van der Waals surface area contributed by atoms with Crippen LogP contribution in [0.1, 0.15) is 18.4 Å². The predicted molar refractivity (Wildman–Crippen MR) is 57.4 cm³/mol. The highest BCUT2D eigenvalue weighted by atomic mass is 19.1. The van der Waals surface area contributed by atoms with Gasteiger partial charge in [-0.2, -0.15) is 0 Å². The van der Waals surface area contributed by atoms with Gasteiger partial charge in [-0.05, 0) is 49.9 Å². The van der Waals surface area contributed by atoms with Gasteiger partial charge in [-0.3, -0.25) is 0 Å². The van der Waals surface area contributed by atoms with Gasteiger partial charge in [-0.15, -0.1) is 0 Å². The first-order valence-corrected chi connectivity index (χ1v) is 5.44. The van der Waals surface area contributed by atoms with Crippen molar-refractivity contribution >= 4 is 0 Å². The largest absolute Gasteiger partial charge is 0.508 e. The van der Waals surface area contributed by atoms with Crippen LogP contribution in [-0.4, -0.2) is 18.2 Å². The minimum atomic E-state index is -0.374. The van der Waals surface area contributed by atoms with Crippen molar-refractivity contribution in [1.82, 2.24) is 5.32 Å². The van der Waals surface area contributed by atoms with Crippen LogP contribution >= 0.6 is 0 Å². The Hall–Kier alpha value is -1.09. The predicted octanol–water partition coefficient (Wildman–Crippen LogP) is 2.07. The molecule has 82 valence electrons. The minimum Gasteiger partial charge on any atom is -0.508 e. The molecule has 1 heterocycles. The molecule has 0 radical (unpaired) electrons. The summed E-state index contributed by atoms with van der Waals surface area (Å²) in [6.07, 6.45) is 3.13. The van der Waals surface area contributed by atoms with Gasteiger partial charge in [0.1, 0.15) is 11.6 Å². The lowest BCUT2D eigenvalue weighted by molar-refractivity contribution is 0.366. The van der Waals surface area contributed by atoms with Gasteiger partial charge in [0.15, 0.2) is 0 Å². The first kappa shape index (κ1) is 10.4. The molecule has 0 bridgehead atoms. The molecule has 1 fully saturated rings. The Morgan fingerprint density at radius 2 is 2.07 bits per heavy atom. The highest BCUT2D eigenvalue weighted by Gasteiger charge is 2.15. The summed E-state index contributed by atoms with van der Waals surface area (Å²) in [6, 6.07) is 4.29. The van der Waals surface area contributed by atoms with E-state index in [-0.39, 0.29) is 11.6 Å². The van der Waals surface area contributed by atoms with Crippen molar-refractivity contribution in [2.24, 2.45) is 5.92 Å². The molecule has 2 N–H and O–H groups in total. The van der Waals surface area contributed by atoms with E-state index >= 15 is 0 Å². The number of phenolic OH excluding ortho intramolecular Hbond substituents is 1. The monoisotopic (exact) mass is 209 g/mol. The number of benzene rings is 1. The molecule has 15 heavy (non-hydrogen) atoms. The molecule has 1 saturated heterocycles. The van der Waals surface area contributed by atoms with E-state index in [1.54, 1.807) is 6.07 Å². The van der Waals surface area contributed by atoms with Crippen LogP contribution < -0.4 is 5.32 Å². The van der Waals surface area contributed by atoms with E-state index in [9.17, 15) is 9.50 Å². The van der Waals surface area contributed by atoms with Crippen LogP contribution in [0.3, 0.4) is 0 Å². The SMILES string of the molecule is Oc1cc(F)ccc1CC1CCNCC1. The normalized spacial score (nSPS) is 17.9. The fourth-order valence-corrected chi connectivity index (χ4v) is 2.11. The molecule has 2 rings (SSSR count). The quantitative estimate of drug-likeness (QED) is 0.781. The summed E-state index contributed by atoms with van der Waals surface area (Å²) in [5, 5.41) is 12.9. The molecule has 0 spiro atoms. The van der Waals surface area contributed by atoms with Crippen molar-refractivity contribution in [3.05, 3.63) is 29.6 Å². The van der Waals surface area contributed by atoms with Crippen molar-refractivity contribution in [1.29, 1.82) is 0 Å². The molecule has 1 aromatic carbocycles. The average Bonchev–Trinajstić information content (AvgIpc) is 2.24. The van der Waals surface area contributed by atoms with Crippen LogP contribution in [0, 0.1) is 11.7 Å². The maximum Gasteiger partial charge on any atom is 0.126 e. The van der Waals surface area contributed by atoms with Crippen molar-refractivity contribution in [3.8, 4) is 5.75 Å². The Morgan fingerprint density at radius 3 is 2.73 bits per heavy atom. The minimum absolute atomic E-state index is 0.0912. The van der Waals surface area contributed by atoms with Gasteiger partial charge in [0.2, 0.25) is 0 Å². The highest BCUT2D eigenvalue weighted by molar-refractivity contribution is 5.32. The average molecular weight is 209 g/mol.